The summed E-state index contributed by atoms with van der Waals surface area (Å²) in [6.45, 7) is 9.12. The first kappa shape index (κ1) is 14.9. The minimum Gasteiger partial charge on any atom is -0.381 e. The van der Waals surface area contributed by atoms with Crippen LogP contribution in [-0.2, 0) is 9.47 Å². The summed E-state index contributed by atoms with van der Waals surface area (Å²) in [5, 5.41) is 3.66. The van der Waals surface area contributed by atoms with Gasteiger partial charge in [0.05, 0.1) is 6.61 Å². The van der Waals surface area contributed by atoms with Crippen LogP contribution in [0.4, 0.5) is 0 Å². The molecule has 1 saturated heterocycles. The van der Waals surface area contributed by atoms with Gasteiger partial charge in [-0.15, -0.1) is 0 Å². The SMILES string of the molecule is CCCNC(CCOCCC)C1CCCOC1. The Morgan fingerprint density at radius 1 is 1.29 bits per heavy atom. The molecule has 0 radical (unpaired) electrons. The predicted molar refractivity (Wildman–Crippen MR) is 71.4 cm³/mol. The molecule has 1 rings (SSSR count). The number of hydrogen-bond acceptors (Lipinski definition) is 3. The number of rotatable bonds is 9. The van der Waals surface area contributed by atoms with Crippen LogP contribution in [0.25, 0.3) is 0 Å². The minimum atomic E-state index is 0.576. The molecule has 0 saturated carbocycles. The lowest BCUT2D eigenvalue weighted by atomic mass is 9.91. The Morgan fingerprint density at radius 3 is 2.82 bits per heavy atom. The maximum absolute atomic E-state index is 5.60. The molecule has 0 amide bonds. The highest BCUT2D eigenvalue weighted by Gasteiger charge is 2.23. The average molecular weight is 243 g/mol. The third-order valence-corrected chi connectivity index (χ3v) is 3.34. The number of ether oxygens (including phenoxy) is 2. The van der Waals surface area contributed by atoms with Crippen LogP contribution in [0.1, 0.15) is 46.0 Å². The van der Waals surface area contributed by atoms with Crippen LogP contribution in [0.5, 0.6) is 0 Å². The zero-order chi connectivity index (χ0) is 12.3. The second-order valence-electron chi connectivity index (χ2n) is 4.94. The summed E-state index contributed by atoms with van der Waals surface area (Å²) in [6.07, 6.45) is 5.94. The first-order valence-corrected chi connectivity index (χ1v) is 7.27. The Kier molecular flexibility index (Phi) is 8.67. The second kappa shape index (κ2) is 9.86. The van der Waals surface area contributed by atoms with E-state index in [-0.39, 0.29) is 0 Å². The van der Waals surface area contributed by atoms with Crippen molar-refractivity contribution < 1.29 is 9.47 Å². The van der Waals surface area contributed by atoms with Crippen molar-refractivity contribution in [3.8, 4) is 0 Å². The molecular weight excluding hydrogens is 214 g/mol. The summed E-state index contributed by atoms with van der Waals surface area (Å²) in [6, 6.07) is 0.576. The topological polar surface area (TPSA) is 30.5 Å². The molecule has 0 aliphatic carbocycles. The fourth-order valence-electron chi connectivity index (χ4n) is 2.37. The van der Waals surface area contributed by atoms with Crippen molar-refractivity contribution in [2.24, 2.45) is 5.92 Å². The van der Waals surface area contributed by atoms with Gasteiger partial charge in [0.2, 0.25) is 0 Å². The highest BCUT2D eigenvalue weighted by Crippen LogP contribution is 2.19. The monoisotopic (exact) mass is 243 g/mol. The van der Waals surface area contributed by atoms with Crippen LogP contribution < -0.4 is 5.32 Å². The van der Waals surface area contributed by atoms with Gasteiger partial charge >= 0.3 is 0 Å². The third kappa shape index (κ3) is 6.39. The molecule has 2 atom stereocenters. The maximum Gasteiger partial charge on any atom is 0.0509 e. The molecule has 0 aromatic heterocycles. The van der Waals surface area contributed by atoms with Gasteiger partial charge in [-0.05, 0) is 44.6 Å². The van der Waals surface area contributed by atoms with Gasteiger partial charge in [-0.2, -0.15) is 0 Å². The van der Waals surface area contributed by atoms with Crippen LogP contribution in [0, 0.1) is 5.92 Å². The zero-order valence-electron chi connectivity index (χ0n) is 11.5. The smallest absolute Gasteiger partial charge is 0.0509 e. The fraction of sp³-hybridized carbons (Fsp3) is 1.00. The van der Waals surface area contributed by atoms with Crippen molar-refractivity contribution in [1.29, 1.82) is 0 Å². The molecule has 102 valence electrons. The van der Waals surface area contributed by atoms with E-state index in [4.69, 9.17) is 9.47 Å². The maximum atomic E-state index is 5.60. The Hall–Kier alpha value is -0.120. The van der Waals surface area contributed by atoms with E-state index in [1.165, 1.54) is 19.3 Å². The second-order valence-corrected chi connectivity index (χ2v) is 4.94. The van der Waals surface area contributed by atoms with Gasteiger partial charge < -0.3 is 14.8 Å². The van der Waals surface area contributed by atoms with Crippen LogP contribution in [0.15, 0.2) is 0 Å². The van der Waals surface area contributed by atoms with E-state index in [9.17, 15) is 0 Å². The summed E-state index contributed by atoms with van der Waals surface area (Å²) in [5.41, 5.74) is 0. The molecule has 1 N–H and O–H groups in total. The van der Waals surface area contributed by atoms with Crippen molar-refractivity contribution >= 4 is 0 Å². The van der Waals surface area contributed by atoms with E-state index in [2.05, 4.69) is 19.2 Å². The highest BCUT2D eigenvalue weighted by atomic mass is 16.5. The summed E-state index contributed by atoms with van der Waals surface area (Å²) in [4.78, 5) is 0. The van der Waals surface area contributed by atoms with Gasteiger partial charge in [-0.3, -0.25) is 0 Å². The molecule has 3 nitrogen and oxygen atoms in total. The van der Waals surface area contributed by atoms with Crippen LogP contribution in [-0.4, -0.2) is 39.0 Å². The lowest BCUT2D eigenvalue weighted by Gasteiger charge is -2.31. The van der Waals surface area contributed by atoms with Gasteiger partial charge in [-0.25, -0.2) is 0 Å². The largest absolute Gasteiger partial charge is 0.381 e. The molecule has 0 bridgehead atoms. The molecule has 17 heavy (non-hydrogen) atoms. The van der Waals surface area contributed by atoms with Crippen LogP contribution >= 0.6 is 0 Å². The summed E-state index contributed by atoms with van der Waals surface area (Å²) in [5.74, 6) is 0.681. The van der Waals surface area contributed by atoms with Gasteiger partial charge in [-0.1, -0.05) is 13.8 Å². The third-order valence-electron chi connectivity index (χ3n) is 3.34. The van der Waals surface area contributed by atoms with Gasteiger partial charge in [0.25, 0.3) is 0 Å². The van der Waals surface area contributed by atoms with Gasteiger partial charge in [0, 0.05) is 25.9 Å². The first-order valence-electron chi connectivity index (χ1n) is 7.27. The molecule has 1 aliphatic heterocycles. The average Bonchev–Trinajstić information content (AvgIpc) is 2.39. The Balaban J connectivity index is 2.25. The van der Waals surface area contributed by atoms with E-state index in [0.29, 0.717) is 12.0 Å². The standard InChI is InChI=1S/C14H29NO2/c1-3-8-15-14(7-11-16-9-4-2)13-6-5-10-17-12-13/h13-15H,3-12H2,1-2H3. The number of hydrogen-bond donors (Lipinski definition) is 1. The Labute approximate surface area is 106 Å². The predicted octanol–water partition coefficient (Wildman–Crippen LogP) is 2.60. The van der Waals surface area contributed by atoms with E-state index >= 15 is 0 Å². The van der Waals surface area contributed by atoms with E-state index in [1.807, 2.05) is 0 Å². The molecule has 0 aromatic rings. The molecular formula is C14H29NO2. The van der Waals surface area contributed by atoms with Crippen LogP contribution in [0.2, 0.25) is 0 Å². The molecule has 0 spiro atoms. The molecule has 2 unspecified atom stereocenters. The Morgan fingerprint density at radius 2 is 2.18 bits per heavy atom. The summed E-state index contributed by atoms with van der Waals surface area (Å²) >= 11 is 0. The van der Waals surface area contributed by atoms with Crippen molar-refractivity contribution in [3.05, 3.63) is 0 Å². The summed E-state index contributed by atoms with van der Waals surface area (Å²) in [7, 11) is 0. The van der Waals surface area contributed by atoms with Crippen LogP contribution in [0.3, 0.4) is 0 Å². The van der Waals surface area contributed by atoms with Crippen molar-refractivity contribution in [3.63, 3.8) is 0 Å². The van der Waals surface area contributed by atoms with Gasteiger partial charge in [0.15, 0.2) is 0 Å². The Bertz CT molecular complexity index is 170. The van der Waals surface area contributed by atoms with Crippen molar-refractivity contribution in [2.75, 3.05) is 33.0 Å². The normalized spacial score (nSPS) is 22.6. The van der Waals surface area contributed by atoms with Crippen molar-refractivity contribution in [1.82, 2.24) is 5.32 Å². The van der Waals surface area contributed by atoms with Gasteiger partial charge in [0.1, 0.15) is 0 Å². The lowest BCUT2D eigenvalue weighted by Crippen LogP contribution is -2.41. The quantitative estimate of drug-likeness (QED) is 0.631. The minimum absolute atomic E-state index is 0.576. The molecule has 1 fully saturated rings. The van der Waals surface area contributed by atoms with E-state index in [1.54, 1.807) is 0 Å². The molecule has 1 heterocycles. The van der Waals surface area contributed by atoms with Crippen molar-refractivity contribution in [2.45, 2.75) is 52.0 Å². The number of nitrogens with one attached hydrogen (secondary N) is 1. The highest BCUT2D eigenvalue weighted by molar-refractivity contribution is 4.78. The zero-order valence-corrected chi connectivity index (χ0v) is 11.5. The fourth-order valence-corrected chi connectivity index (χ4v) is 2.37. The summed E-state index contributed by atoms with van der Waals surface area (Å²) < 4.78 is 11.2. The molecule has 1 aliphatic rings. The van der Waals surface area contributed by atoms with E-state index < -0.39 is 0 Å². The first-order chi connectivity index (χ1) is 8.38. The lowest BCUT2D eigenvalue weighted by molar-refractivity contribution is 0.0306. The van der Waals surface area contributed by atoms with E-state index in [0.717, 1.165) is 45.8 Å². The molecule has 0 aromatic carbocycles. The molecule has 3 heteroatoms.